The summed E-state index contributed by atoms with van der Waals surface area (Å²) in [4.78, 5) is 9.83. The van der Waals surface area contributed by atoms with E-state index in [1.807, 2.05) is 6.92 Å². The average molecular weight is 288 g/mol. The number of aliphatic hydroxyl groups excluding tert-OH is 1. The molecule has 106 valence electrons. The molecule has 1 aromatic carbocycles. The van der Waals surface area contributed by atoms with Gasteiger partial charge in [-0.25, -0.2) is 8.42 Å². The predicted octanol–water partition coefficient (Wildman–Crippen LogP) is 0.339. The van der Waals surface area contributed by atoms with Gasteiger partial charge in [0.15, 0.2) is 9.84 Å². The molecule has 0 fully saturated rings. The monoisotopic (exact) mass is 288 g/mol. The van der Waals surface area contributed by atoms with E-state index < -0.39 is 26.6 Å². The first-order chi connectivity index (χ1) is 8.86. The van der Waals surface area contributed by atoms with Crippen LogP contribution in [0.3, 0.4) is 0 Å². The van der Waals surface area contributed by atoms with Crippen molar-refractivity contribution in [1.82, 2.24) is 5.32 Å². The van der Waals surface area contributed by atoms with Crippen LogP contribution in [-0.4, -0.2) is 43.4 Å². The summed E-state index contributed by atoms with van der Waals surface area (Å²) in [7, 11) is -3.64. The Kier molecular flexibility index (Phi) is 5.40. The summed E-state index contributed by atoms with van der Waals surface area (Å²) < 4.78 is 23.9. The van der Waals surface area contributed by atoms with Gasteiger partial charge in [-0.3, -0.25) is 10.1 Å². The zero-order valence-electron chi connectivity index (χ0n) is 10.4. The minimum absolute atomic E-state index is 0.0337. The Morgan fingerprint density at radius 3 is 2.42 bits per heavy atom. The van der Waals surface area contributed by atoms with Gasteiger partial charge in [-0.2, -0.15) is 0 Å². The number of non-ortho nitro benzene ring substituents is 1. The molecule has 0 aliphatic carbocycles. The van der Waals surface area contributed by atoms with E-state index >= 15 is 0 Å². The fourth-order valence-corrected chi connectivity index (χ4v) is 2.86. The highest BCUT2D eigenvalue weighted by molar-refractivity contribution is 7.91. The Morgan fingerprint density at radius 1 is 1.37 bits per heavy atom. The van der Waals surface area contributed by atoms with Crippen LogP contribution < -0.4 is 5.32 Å². The van der Waals surface area contributed by atoms with Crippen molar-refractivity contribution in [1.29, 1.82) is 0 Å². The molecule has 1 aromatic rings. The van der Waals surface area contributed by atoms with Crippen LogP contribution in [0.15, 0.2) is 29.2 Å². The first-order valence-corrected chi connectivity index (χ1v) is 7.38. The largest absolute Gasteiger partial charge is 0.391 e. The minimum Gasteiger partial charge on any atom is -0.391 e. The molecular weight excluding hydrogens is 272 g/mol. The normalized spacial score (nSPS) is 13.2. The van der Waals surface area contributed by atoms with E-state index in [1.54, 1.807) is 0 Å². The van der Waals surface area contributed by atoms with E-state index in [-0.39, 0.29) is 17.1 Å². The van der Waals surface area contributed by atoms with Crippen LogP contribution in [0.25, 0.3) is 0 Å². The Morgan fingerprint density at radius 2 is 1.95 bits per heavy atom. The molecule has 0 aromatic heterocycles. The summed E-state index contributed by atoms with van der Waals surface area (Å²) in [5.41, 5.74) is -0.174. The topological polar surface area (TPSA) is 110 Å². The van der Waals surface area contributed by atoms with Crippen LogP contribution in [0.4, 0.5) is 5.69 Å². The van der Waals surface area contributed by atoms with Gasteiger partial charge in [-0.05, 0) is 18.7 Å². The molecule has 0 aliphatic rings. The third kappa shape index (κ3) is 4.58. The number of nitro benzene ring substituents is 1. The number of rotatable bonds is 7. The number of hydrogen-bond acceptors (Lipinski definition) is 6. The van der Waals surface area contributed by atoms with E-state index in [2.05, 4.69) is 5.32 Å². The van der Waals surface area contributed by atoms with Crippen LogP contribution in [0, 0.1) is 10.1 Å². The summed E-state index contributed by atoms with van der Waals surface area (Å²) in [6, 6.07) is 4.61. The molecule has 0 heterocycles. The van der Waals surface area contributed by atoms with Gasteiger partial charge in [0.05, 0.1) is 21.7 Å². The molecule has 8 heteroatoms. The number of nitro groups is 1. The first kappa shape index (κ1) is 15.5. The van der Waals surface area contributed by atoms with Crippen molar-refractivity contribution >= 4 is 15.5 Å². The van der Waals surface area contributed by atoms with E-state index in [0.717, 1.165) is 12.1 Å². The summed E-state index contributed by atoms with van der Waals surface area (Å²) in [5, 5.41) is 22.9. The highest BCUT2D eigenvalue weighted by Gasteiger charge is 2.20. The van der Waals surface area contributed by atoms with Gasteiger partial charge >= 0.3 is 0 Å². The number of hydrogen-bond donors (Lipinski definition) is 2. The van der Waals surface area contributed by atoms with Gasteiger partial charge in [-0.15, -0.1) is 0 Å². The van der Waals surface area contributed by atoms with E-state index in [4.69, 9.17) is 0 Å². The Balaban J connectivity index is 2.79. The van der Waals surface area contributed by atoms with Crippen molar-refractivity contribution in [3.05, 3.63) is 34.4 Å². The Hall–Kier alpha value is -1.51. The quantitative estimate of drug-likeness (QED) is 0.553. The first-order valence-electron chi connectivity index (χ1n) is 5.73. The Labute approximate surface area is 111 Å². The number of benzene rings is 1. The molecule has 2 N–H and O–H groups in total. The summed E-state index contributed by atoms with van der Waals surface area (Å²) in [6.45, 7) is 2.66. The van der Waals surface area contributed by atoms with Gasteiger partial charge in [0, 0.05) is 18.7 Å². The van der Waals surface area contributed by atoms with Crippen molar-refractivity contribution in [3.8, 4) is 0 Å². The summed E-state index contributed by atoms with van der Waals surface area (Å²) in [5.74, 6) is -0.419. The molecule has 0 saturated carbocycles. The maximum Gasteiger partial charge on any atom is 0.269 e. The highest BCUT2D eigenvalue weighted by Crippen LogP contribution is 2.17. The zero-order chi connectivity index (χ0) is 14.5. The third-order valence-corrected chi connectivity index (χ3v) is 4.26. The molecule has 1 atom stereocenters. The maximum absolute atomic E-state index is 11.9. The van der Waals surface area contributed by atoms with E-state index in [9.17, 15) is 23.6 Å². The standard InChI is InChI=1S/C11H16N2O5S/c1-2-12-7-10(14)8-19(17,18)11-5-3-9(4-6-11)13(15)16/h3-6,10,12,14H,2,7-8H2,1H3. The molecule has 1 rings (SSSR count). The van der Waals surface area contributed by atoms with Crippen molar-refractivity contribution in [3.63, 3.8) is 0 Å². The molecule has 0 saturated heterocycles. The molecular formula is C11H16N2O5S. The van der Waals surface area contributed by atoms with Gasteiger partial charge in [0.1, 0.15) is 0 Å². The van der Waals surface area contributed by atoms with Crippen LogP contribution in [0.2, 0.25) is 0 Å². The molecule has 0 bridgehead atoms. The van der Waals surface area contributed by atoms with Gasteiger partial charge in [0.25, 0.3) is 5.69 Å². The molecule has 0 radical (unpaired) electrons. The van der Waals surface area contributed by atoms with Crippen molar-refractivity contribution in [2.75, 3.05) is 18.8 Å². The lowest BCUT2D eigenvalue weighted by molar-refractivity contribution is -0.384. The van der Waals surface area contributed by atoms with E-state index in [1.165, 1.54) is 12.1 Å². The summed E-state index contributed by atoms with van der Waals surface area (Å²) >= 11 is 0. The van der Waals surface area contributed by atoms with Crippen LogP contribution >= 0.6 is 0 Å². The number of nitrogens with one attached hydrogen (secondary N) is 1. The van der Waals surface area contributed by atoms with Gasteiger partial charge in [-0.1, -0.05) is 6.92 Å². The smallest absolute Gasteiger partial charge is 0.269 e. The number of nitrogens with zero attached hydrogens (tertiary/aromatic N) is 1. The molecule has 0 spiro atoms. The second kappa shape index (κ2) is 6.60. The molecule has 1 unspecified atom stereocenters. The van der Waals surface area contributed by atoms with Crippen LogP contribution in [-0.2, 0) is 9.84 Å². The fourth-order valence-electron chi connectivity index (χ4n) is 1.49. The van der Waals surface area contributed by atoms with Crippen molar-refractivity contribution < 1.29 is 18.4 Å². The highest BCUT2D eigenvalue weighted by atomic mass is 32.2. The molecule has 7 nitrogen and oxygen atoms in total. The second-order valence-electron chi connectivity index (χ2n) is 3.99. The number of likely N-dealkylation sites (N-methyl/N-ethyl adjacent to an activating group) is 1. The Bertz CT molecular complexity index is 527. The second-order valence-corrected chi connectivity index (χ2v) is 6.03. The van der Waals surface area contributed by atoms with Crippen molar-refractivity contribution in [2.24, 2.45) is 0 Å². The molecule has 19 heavy (non-hydrogen) atoms. The van der Waals surface area contributed by atoms with Gasteiger partial charge < -0.3 is 10.4 Å². The lowest BCUT2D eigenvalue weighted by Gasteiger charge is -2.11. The van der Waals surface area contributed by atoms with Crippen LogP contribution in [0.5, 0.6) is 0 Å². The fraction of sp³-hybridized carbons (Fsp3) is 0.455. The average Bonchev–Trinajstić information content (AvgIpc) is 2.36. The third-order valence-electron chi connectivity index (χ3n) is 2.45. The summed E-state index contributed by atoms with van der Waals surface area (Å²) in [6.07, 6.45) is -1.01. The number of sulfone groups is 1. The maximum atomic E-state index is 11.9. The molecule has 0 aliphatic heterocycles. The van der Waals surface area contributed by atoms with Crippen molar-refractivity contribution in [2.45, 2.75) is 17.9 Å². The van der Waals surface area contributed by atoms with E-state index in [0.29, 0.717) is 6.54 Å². The lowest BCUT2D eigenvalue weighted by Crippen LogP contribution is -2.32. The molecule has 0 amide bonds. The van der Waals surface area contributed by atoms with Gasteiger partial charge in [0.2, 0.25) is 0 Å². The van der Waals surface area contributed by atoms with Crippen LogP contribution in [0.1, 0.15) is 6.92 Å². The zero-order valence-corrected chi connectivity index (χ0v) is 11.3. The predicted molar refractivity (Wildman–Crippen MR) is 69.7 cm³/mol. The number of aliphatic hydroxyl groups is 1. The SMILES string of the molecule is CCNCC(O)CS(=O)(=O)c1ccc([N+](=O)[O-])cc1. The minimum atomic E-state index is -3.64. The lowest BCUT2D eigenvalue weighted by atomic mass is 10.3.